The van der Waals surface area contributed by atoms with Crippen LogP contribution in [0.3, 0.4) is 0 Å². The van der Waals surface area contributed by atoms with Gasteiger partial charge in [-0.3, -0.25) is 0 Å². The molecular weight excluding hydrogens is 256 g/mol. The Morgan fingerprint density at radius 1 is 1.20 bits per heavy atom. The Bertz CT molecular complexity index is 415. The molecule has 3 aliphatic rings. The lowest BCUT2D eigenvalue weighted by Crippen LogP contribution is -2.60. The number of urea groups is 1. The number of nitrogens with one attached hydrogen (secondary N) is 1. The number of likely N-dealkylation sites (tertiary alicyclic amines) is 1. The number of amides is 2. The lowest BCUT2D eigenvalue weighted by molar-refractivity contribution is -0.146. The molecule has 1 aliphatic heterocycles. The van der Waals surface area contributed by atoms with Crippen molar-refractivity contribution in [2.75, 3.05) is 6.54 Å². The van der Waals surface area contributed by atoms with Crippen molar-refractivity contribution in [3.8, 4) is 0 Å². The van der Waals surface area contributed by atoms with Crippen LogP contribution in [0, 0.1) is 11.8 Å². The van der Waals surface area contributed by atoms with E-state index in [0.29, 0.717) is 30.7 Å². The summed E-state index contributed by atoms with van der Waals surface area (Å²) in [7, 11) is 0. The maximum Gasteiger partial charge on any atom is 0.329 e. The molecule has 2 aliphatic carbocycles. The number of carboxylic acid groups (broad SMARTS) is 1. The highest BCUT2D eigenvalue weighted by molar-refractivity contribution is 5.86. The molecule has 2 atom stereocenters. The molecule has 3 rings (SSSR count). The highest BCUT2D eigenvalue weighted by Crippen LogP contribution is 2.38. The summed E-state index contributed by atoms with van der Waals surface area (Å²) in [5.41, 5.74) is -1.04. The fourth-order valence-electron chi connectivity index (χ4n) is 4.10. The molecule has 2 unspecified atom stereocenters. The van der Waals surface area contributed by atoms with Gasteiger partial charge in [-0.1, -0.05) is 6.92 Å². The molecule has 0 spiro atoms. The monoisotopic (exact) mass is 280 g/mol. The largest absolute Gasteiger partial charge is 0.480 e. The molecule has 0 aromatic heterocycles. The summed E-state index contributed by atoms with van der Waals surface area (Å²) >= 11 is 0. The number of carboxylic acids is 1. The number of carbonyl (C=O) groups excluding carboxylic acids is 1. The van der Waals surface area contributed by atoms with E-state index in [-0.39, 0.29) is 6.03 Å². The predicted molar refractivity (Wildman–Crippen MR) is 74.4 cm³/mol. The van der Waals surface area contributed by atoms with E-state index >= 15 is 0 Å². The van der Waals surface area contributed by atoms with Gasteiger partial charge >= 0.3 is 12.0 Å². The van der Waals surface area contributed by atoms with Crippen LogP contribution in [-0.4, -0.2) is 40.1 Å². The van der Waals surface area contributed by atoms with Crippen LogP contribution in [0.2, 0.25) is 0 Å². The first-order chi connectivity index (χ1) is 9.50. The number of hydrogen-bond acceptors (Lipinski definition) is 2. The van der Waals surface area contributed by atoms with Crippen molar-refractivity contribution in [2.24, 2.45) is 11.8 Å². The minimum Gasteiger partial charge on any atom is -0.480 e. The second-order valence-electron chi connectivity index (χ2n) is 6.99. The van der Waals surface area contributed by atoms with Crippen molar-refractivity contribution in [2.45, 2.75) is 63.5 Å². The molecule has 0 radical (unpaired) electrons. The molecule has 1 saturated heterocycles. The maximum atomic E-state index is 12.4. The van der Waals surface area contributed by atoms with Crippen LogP contribution < -0.4 is 5.32 Å². The van der Waals surface area contributed by atoms with E-state index in [9.17, 15) is 14.7 Å². The number of aliphatic carboxylic acids is 1. The Labute approximate surface area is 119 Å². The fourth-order valence-corrected chi connectivity index (χ4v) is 4.10. The molecule has 0 aromatic carbocycles. The van der Waals surface area contributed by atoms with Gasteiger partial charge in [0.15, 0.2) is 0 Å². The van der Waals surface area contributed by atoms with Gasteiger partial charge < -0.3 is 15.3 Å². The van der Waals surface area contributed by atoms with Gasteiger partial charge in [-0.25, -0.2) is 9.59 Å². The molecule has 2 bridgehead atoms. The first-order valence-corrected chi connectivity index (χ1v) is 7.82. The number of nitrogens with zero attached hydrogens (tertiary/aromatic N) is 1. The van der Waals surface area contributed by atoms with Crippen LogP contribution in [0.5, 0.6) is 0 Å². The Kier molecular flexibility index (Phi) is 3.38. The Hall–Kier alpha value is -1.26. The van der Waals surface area contributed by atoms with Gasteiger partial charge in [0, 0.05) is 12.6 Å². The van der Waals surface area contributed by atoms with E-state index in [1.165, 1.54) is 6.42 Å². The summed E-state index contributed by atoms with van der Waals surface area (Å²) in [6.45, 7) is 2.95. The van der Waals surface area contributed by atoms with E-state index < -0.39 is 11.5 Å². The van der Waals surface area contributed by atoms with Crippen LogP contribution in [-0.2, 0) is 4.79 Å². The third kappa shape index (κ3) is 2.27. The second kappa shape index (κ2) is 4.93. The lowest BCUT2D eigenvalue weighted by atomic mass is 9.77. The van der Waals surface area contributed by atoms with Crippen LogP contribution >= 0.6 is 0 Å². The molecule has 3 fully saturated rings. The zero-order valence-electron chi connectivity index (χ0n) is 12.1. The van der Waals surface area contributed by atoms with E-state index in [2.05, 4.69) is 12.2 Å². The van der Waals surface area contributed by atoms with E-state index in [1.807, 2.05) is 4.90 Å². The third-order valence-corrected chi connectivity index (χ3v) is 5.55. The first kappa shape index (κ1) is 13.7. The Morgan fingerprint density at radius 3 is 2.40 bits per heavy atom. The van der Waals surface area contributed by atoms with E-state index in [0.717, 1.165) is 32.2 Å². The minimum atomic E-state index is -1.04. The van der Waals surface area contributed by atoms with Gasteiger partial charge in [0.1, 0.15) is 5.54 Å². The maximum absolute atomic E-state index is 12.4. The summed E-state index contributed by atoms with van der Waals surface area (Å²) in [6.07, 6.45) is 6.25. The third-order valence-electron chi connectivity index (χ3n) is 5.55. The van der Waals surface area contributed by atoms with Crippen LogP contribution in [0.4, 0.5) is 4.79 Å². The van der Waals surface area contributed by atoms with Crippen LogP contribution in [0.1, 0.15) is 51.9 Å². The minimum absolute atomic E-state index is 0.158. The van der Waals surface area contributed by atoms with Crippen molar-refractivity contribution in [1.29, 1.82) is 0 Å². The summed E-state index contributed by atoms with van der Waals surface area (Å²) in [5.74, 6) is 0.321. The zero-order chi connectivity index (χ0) is 14.3. The standard InChI is InChI=1S/C15H24N2O3/c1-10-4-6-15(7-5-10,13(18)19)16-14(20)17-9-11-2-3-12(17)8-11/h10-12H,2-9H2,1H3,(H,16,20)(H,18,19). The van der Waals surface area contributed by atoms with E-state index in [4.69, 9.17) is 0 Å². The molecule has 2 N–H and O–H groups in total. The average Bonchev–Trinajstić information content (AvgIpc) is 3.03. The predicted octanol–water partition coefficient (Wildman–Crippen LogP) is 2.21. The quantitative estimate of drug-likeness (QED) is 0.815. The van der Waals surface area contributed by atoms with Gasteiger partial charge in [0.2, 0.25) is 0 Å². The van der Waals surface area contributed by atoms with Crippen molar-refractivity contribution in [1.82, 2.24) is 10.2 Å². The fraction of sp³-hybridized carbons (Fsp3) is 0.867. The van der Waals surface area contributed by atoms with Gasteiger partial charge in [0.25, 0.3) is 0 Å². The van der Waals surface area contributed by atoms with E-state index in [1.54, 1.807) is 0 Å². The number of carbonyl (C=O) groups is 2. The van der Waals surface area contributed by atoms with Crippen molar-refractivity contribution in [3.63, 3.8) is 0 Å². The number of hydrogen-bond donors (Lipinski definition) is 2. The van der Waals surface area contributed by atoms with Crippen molar-refractivity contribution in [3.05, 3.63) is 0 Å². The molecule has 0 aromatic rings. The zero-order valence-corrected chi connectivity index (χ0v) is 12.1. The Morgan fingerprint density at radius 2 is 1.90 bits per heavy atom. The van der Waals surface area contributed by atoms with Gasteiger partial charge in [-0.2, -0.15) is 0 Å². The van der Waals surface area contributed by atoms with Crippen molar-refractivity contribution < 1.29 is 14.7 Å². The molecule has 20 heavy (non-hydrogen) atoms. The number of fused-ring (bicyclic) bond motifs is 2. The smallest absolute Gasteiger partial charge is 0.329 e. The Balaban J connectivity index is 1.67. The molecule has 112 valence electrons. The normalized spacial score (nSPS) is 39.9. The lowest BCUT2D eigenvalue weighted by Gasteiger charge is -2.38. The van der Waals surface area contributed by atoms with Gasteiger partial charge in [-0.15, -0.1) is 0 Å². The molecule has 1 heterocycles. The molecule has 2 saturated carbocycles. The molecular formula is C15H24N2O3. The second-order valence-corrected chi connectivity index (χ2v) is 6.99. The van der Waals surface area contributed by atoms with Crippen LogP contribution in [0.15, 0.2) is 0 Å². The average molecular weight is 280 g/mol. The summed E-state index contributed by atoms with van der Waals surface area (Å²) in [4.78, 5) is 26.0. The molecule has 5 nitrogen and oxygen atoms in total. The SMILES string of the molecule is CC1CCC(NC(=O)N2CC3CCC2C3)(C(=O)O)CC1. The van der Waals surface area contributed by atoms with Gasteiger partial charge in [-0.05, 0) is 56.8 Å². The highest BCUT2D eigenvalue weighted by Gasteiger charge is 2.46. The summed E-state index contributed by atoms with van der Waals surface area (Å²) in [6, 6.07) is 0.183. The van der Waals surface area contributed by atoms with Crippen LogP contribution in [0.25, 0.3) is 0 Å². The molecule has 5 heteroatoms. The molecule has 2 amide bonds. The number of piperidine rings is 1. The topological polar surface area (TPSA) is 69.6 Å². The number of rotatable bonds is 2. The summed E-state index contributed by atoms with van der Waals surface area (Å²) in [5, 5.41) is 12.4. The van der Waals surface area contributed by atoms with Crippen molar-refractivity contribution >= 4 is 12.0 Å². The summed E-state index contributed by atoms with van der Waals surface area (Å²) < 4.78 is 0. The first-order valence-electron chi connectivity index (χ1n) is 7.82. The van der Waals surface area contributed by atoms with Gasteiger partial charge in [0.05, 0.1) is 0 Å². The highest BCUT2D eigenvalue weighted by atomic mass is 16.4.